The summed E-state index contributed by atoms with van der Waals surface area (Å²) in [7, 11) is 0. The molecule has 0 spiro atoms. The quantitative estimate of drug-likeness (QED) is 0.767. The zero-order chi connectivity index (χ0) is 18.0. The zero-order valence-electron chi connectivity index (χ0n) is 13.5. The van der Waals surface area contributed by atoms with Crippen LogP contribution >= 0.6 is 0 Å². The summed E-state index contributed by atoms with van der Waals surface area (Å²) in [4.78, 5) is 16.8. The molecule has 4 nitrogen and oxygen atoms in total. The molecule has 0 aliphatic rings. The molecule has 25 heavy (non-hydrogen) atoms. The van der Waals surface area contributed by atoms with Crippen molar-refractivity contribution in [3.05, 3.63) is 59.9 Å². The highest BCUT2D eigenvalue weighted by molar-refractivity contribution is 5.91. The molecule has 3 aromatic rings. The summed E-state index contributed by atoms with van der Waals surface area (Å²) in [6, 6.07) is 11.9. The first-order valence-electron chi connectivity index (χ1n) is 7.79. The van der Waals surface area contributed by atoms with Crippen molar-refractivity contribution in [2.45, 2.75) is 26.1 Å². The number of alkyl halides is 3. The highest BCUT2D eigenvalue weighted by Gasteiger charge is 2.30. The first-order valence-corrected chi connectivity index (χ1v) is 7.79. The Kier molecular flexibility index (Phi) is 4.48. The Morgan fingerprint density at radius 2 is 1.80 bits per heavy atom. The van der Waals surface area contributed by atoms with Gasteiger partial charge in [0.15, 0.2) is 0 Å². The number of fused-ring (bicyclic) bond motifs is 1. The van der Waals surface area contributed by atoms with Crippen molar-refractivity contribution in [2.75, 3.05) is 5.32 Å². The maximum atomic E-state index is 12.6. The summed E-state index contributed by atoms with van der Waals surface area (Å²) in [6.07, 6.45) is -3.73. The normalized spacial score (nSPS) is 11.7. The number of aryl methyl sites for hydroxylation is 1. The topological polar surface area (TPSA) is 46.9 Å². The van der Waals surface area contributed by atoms with Crippen LogP contribution < -0.4 is 5.32 Å². The van der Waals surface area contributed by atoms with Crippen LogP contribution in [0.2, 0.25) is 0 Å². The Labute approximate surface area is 142 Å². The number of halogens is 3. The summed E-state index contributed by atoms with van der Waals surface area (Å²) in [5.41, 5.74) is 1.23. The highest BCUT2D eigenvalue weighted by Crippen LogP contribution is 2.29. The Morgan fingerprint density at radius 3 is 2.44 bits per heavy atom. The third-order valence-electron chi connectivity index (χ3n) is 3.85. The predicted octanol–water partition coefficient (Wildman–Crippen LogP) is 4.26. The van der Waals surface area contributed by atoms with E-state index in [1.165, 1.54) is 12.1 Å². The first-order chi connectivity index (χ1) is 11.9. The molecule has 0 atom stereocenters. The lowest BCUT2D eigenvalue weighted by Gasteiger charge is -2.11. The maximum Gasteiger partial charge on any atom is 0.416 e. The van der Waals surface area contributed by atoms with Crippen LogP contribution in [0.5, 0.6) is 0 Å². The predicted molar refractivity (Wildman–Crippen MR) is 89.2 cm³/mol. The van der Waals surface area contributed by atoms with Crippen molar-refractivity contribution in [2.24, 2.45) is 0 Å². The van der Waals surface area contributed by atoms with Crippen molar-refractivity contribution in [1.29, 1.82) is 0 Å². The van der Waals surface area contributed by atoms with Gasteiger partial charge in [-0.2, -0.15) is 13.2 Å². The van der Waals surface area contributed by atoms with Gasteiger partial charge in [-0.1, -0.05) is 19.1 Å². The van der Waals surface area contributed by atoms with Crippen LogP contribution in [0.3, 0.4) is 0 Å². The smallest absolute Gasteiger partial charge is 0.325 e. The van der Waals surface area contributed by atoms with E-state index in [-0.39, 0.29) is 12.5 Å². The van der Waals surface area contributed by atoms with E-state index in [4.69, 9.17) is 0 Å². The van der Waals surface area contributed by atoms with Crippen molar-refractivity contribution in [3.8, 4) is 0 Å². The largest absolute Gasteiger partial charge is 0.416 e. The number of hydrogen-bond donors (Lipinski definition) is 1. The molecule has 0 saturated heterocycles. The molecule has 1 aromatic heterocycles. The summed E-state index contributed by atoms with van der Waals surface area (Å²) in [6.45, 7) is 2.00. The number of benzene rings is 2. The molecule has 0 saturated carbocycles. The van der Waals surface area contributed by atoms with Crippen molar-refractivity contribution < 1.29 is 18.0 Å². The minimum Gasteiger partial charge on any atom is -0.325 e. The van der Waals surface area contributed by atoms with E-state index in [9.17, 15) is 18.0 Å². The van der Waals surface area contributed by atoms with Gasteiger partial charge in [0, 0.05) is 12.1 Å². The van der Waals surface area contributed by atoms with E-state index in [0.29, 0.717) is 12.1 Å². The SMILES string of the molecule is CCc1nc2ccccc2n1CC(=O)Nc1ccc(C(F)(F)F)cc1. The van der Waals surface area contributed by atoms with E-state index in [1.54, 1.807) is 0 Å². The molecule has 2 aromatic carbocycles. The average Bonchev–Trinajstić information content (AvgIpc) is 2.92. The molecular weight excluding hydrogens is 331 g/mol. The summed E-state index contributed by atoms with van der Waals surface area (Å²) in [5.74, 6) is 0.460. The lowest BCUT2D eigenvalue weighted by atomic mass is 10.2. The second-order valence-electron chi connectivity index (χ2n) is 5.58. The monoisotopic (exact) mass is 347 g/mol. The van der Waals surface area contributed by atoms with Crippen LogP contribution in [0, 0.1) is 0 Å². The number of nitrogens with one attached hydrogen (secondary N) is 1. The minimum atomic E-state index is -4.39. The number of aromatic nitrogens is 2. The van der Waals surface area contributed by atoms with Crippen molar-refractivity contribution in [3.63, 3.8) is 0 Å². The van der Waals surface area contributed by atoms with Gasteiger partial charge in [0.05, 0.1) is 16.6 Å². The van der Waals surface area contributed by atoms with Gasteiger partial charge in [0.1, 0.15) is 12.4 Å². The minimum absolute atomic E-state index is 0.0463. The number of anilines is 1. The molecule has 0 radical (unpaired) electrons. The molecule has 7 heteroatoms. The molecule has 1 amide bonds. The number of amides is 1. The molecule has 1 N–H and O–H groups in total. The number of carbonyl (C=O) groups is 1. The molecule has 130 valence electrons. The number of carbonyl (C=O) groups excluding carboxylic acids is 1. The van der Waals surface area contributed by atoms with Gasteiger partial charge in [-0.15, -0.1) is 0 Å². The van der Waals surface area contributed by atoms with Gasteiger partial charge in [0.25, 0.3) is 0 Å². The van der Waals surface area contributed by atoms with Gasteiger partial charge in [0.2, 0.25) is 5.91 Å². The summed E-state index contributed by atoms with van der Waals surface area (Å²) < 4.78 is 39.5. The molecule has 3 rings (SSSR count). The molecule has 0 fully saturated rings. The molecule has 1 heterocycles. The zero-order valence-corrected chi connectivity index (χ0v) is 13.5. The number of rotatable bonds is 4. The third kappa shape index (κ3) is 3.65. The Morgan fingerprint density at radius 1 is 1.12 bits per heavy atom. The van der Waals surface area contributed by atoms with Gasteiger partial charge in [-0.3, -0.25) is 4.79 Å². The molecule has 0 aliphatic heterocycles. The van der Waals surface area contributed by atoms with E-state index >= 15 is 0 Å². The third-order valence-corrected chi connectivity index (χ3v) is 3.85. The lowest BCUT2D eigenvalue weighted by molar-refractivity contribution is -0.137. The van der Waals surface area contributed by atoms with Crippen molar-refractivity contribution >= 4 is 22.6 Å². The maximum absolute atomic E-state index is 12.6. The van der Waals surface area contributed by atoms with Crippen molar-refractivity contribution in [1.82, 2.24) is 9.55 Å². The average molecular weight is 347 g/mol. The molecule has 0 unspecified atom stereocenters. The fourth-order valence-corrected chi connectivity index (χ4v) is 2.66. The number of para-hydroxylation sites is 2. The summed E-state index contributed by atoms with van der Waals surface area (Å²) in [5, 5.41) is 2.62. The second kappa shape index (κ2) is 6.58. The highest BCUT2D eigenvalue weighted by atomic mass is 19.4. The van der Waals surface area contributed by atoms with E-state index in [0.717, 1.165) is 29.0 Å². The standard InChI is InChI=1S/C18H16F3N3O/c1-2-16-23-14-5-3-4-6-15(14)24(16)11-17(25)22-13-9-7-12(8-10-13)18(19,20)21/h3-10H,2,11H2,1H3,(H,22,25). The van der Waals surface area contributed by atoms with Crippen LogP contribution in [0.25, 0.3) is 11.0 Å². The van der Waals surface area contributed by atoms with Crippen LogP contribution in [0.15, 0.2) is 48.5 Å². The van der Waals surface area contributed by atoms with Gasteiger partial charge >= 0.3 is 6.18 Å². The number of imidazole rings is 1. The van der Waals surface area contributed by atoms with Gasteiger partial charge in [-0.05, 0) is 36.4 Å². The fraction of sp³-hybridized carbons (Fsp3) is 0.222. The van der Waals surface area contributed by atoms with Gasteiger partial charge < -0.3 is 9.88 Å². The summed E-state index contributed by atoms with van der Waals surface area (Å²) >= 11 is 0. The first kappa shape index (κ1) is 17.0. The van der Waals surface area contributed by atoms with Crippen LogP contribution in [0.4, 0.5) is 18.9 Å². The van der Waals surface area contributed by atoms with Crippen LogP contribution in [-0.4, -0.2) is 15.5 Å². The van der Waals surface area contributed by atoms with Gasteiger partial charge in [-0.25, -0.2) is 4.98 Å². The second-order valence-corrected chi connectivity index (χ2v) is 5.58. The lowest BCUT2D eigenvalue weighted by Crippen LogP contribution is -2.20. The Hall–Kier alpha value is -2.83. The molecular formula is C18H16F3N3O. The molecule has 0 aliphatic carbocycles. The number of nitrogens with zero attached hydrogens (tertiary/aromatic N) is 2. The van der Waals surface area contributed by atoms with E-state index < -0.39 is 11.7 Å². The Balaban J connectivity index is 1.77. The number of hydrogen-bond acceptors (Lipinski definition) is 2. The van der Waals surface area contributed by atoms with E-state index in [1.807, 2.05) is 35.8 Å². The van der Waals surface area contributed by atoms with Crippen LogP contribution in [0.1, 0.15) is 18.3 Å². The van der Waals surface area contributed by atoms with E-state index in [2.05, 4.69) is 10.3 Å². The van der Waals surface area contributed by atoms with Crippen LogP contribution in [-0.2, 0) is 23.9 Å². The Bertz CT molecular complexity index is 898. The fourth-order valence-electron chi connectivity index (χ4n) is 2.66. The molecule has 0 bridgehead atoms.